The Morgan fingerprint density at radius 2 is 1.03 bits per heavy atom. The molecule has 0 saturated carbocycles. The number of ketones is 2. The van der Waals surface area contributed by atoms with Crippen LogP contribution in [0.4, 0.5) is 0 Å². The highest BCUT2D eigenvalue weighted by Crippen LogP contribution is 2.08. The van der Waals surface area contributed by atoms with Gasteiger partial charge in [-0.1, -0.05) is 127 Å². The maximum absolute atomic E-state index is 11.8. The van der Waals surface area contributed by atoms with E-state index in [4.69, 9.17) is 0 Å². The SMILES string of the molecule is O=C(/C=C/c1ccccc1)c1ccccc1.O=C(CCc1ccccc1)c1ccccc1. The van der Waals surface area contributed by atoms with E-state index in [-0.39, 0.29) is 11.6 Å². The van der Waals surface area contributed by atoms with Gasteiger partial charge >= 0.3 is 0 Å². The molecule has 32 heavy (non-hydrogen) atoms. The zero-order valence-electron chi connectivity index (χ0n) is 17.9. The van der Waals surface area contributed by atoms with Crippen molar-refractivity contribution in [2.24, 2.45) is 0 Å². The molecule has 0 heterocycles. The van der Waals surface area contributed by atoms with Crippen LogP contribution < -0.4 is 0 Å². The minimum atomic E-state index is 0.0319. The van der Waals surface area contributed by atoms with Crippen LogP contribution in [0.3, 0.4) is 0 Å². The Hall–Kier alpha value is -4.04. The van der Waals surface area contributed by atoms with E-state index in [1.165, 1.54) is 5.56 Å². The van der Waals surface area contributed by atoms with Crippen LogP contribution in [0.1, 0.15) is 38.3 Å². The van der Waals surface area contributed by atoms with Gasteiger partial charge in [0.1, 0.15) is 0 Å². The van der Waals surface area contributed by atoms with Gasteiger partial charge in [0.25, 0.3) is 0 Å². The van der Waals surface area contributed by atoms with E-state index in [1.807, 2.05) is 115 Å². The largest absolute Gasteiger partial charge is 0.294 e. The molecule has 0 N–H and O–H groups in total. The van der Waals surface area contributed by atoms with E-state index in [0.29, 0.717) is 6.42 Å². The molecule has 0 unspecified atom stereocenters. The first-order valence-corrected chi connectivity index (χ1v) is 10.7. The van der Waals surface area contributed by atoms with Crippen LogP contribution in [0.15, 0.2) is 127 Å². The molecule has 0 aliphatic carbocycles. The summed E-state index contributed by atoms with van der Waals surface area (Å²) in [5, 5.41) is 0. The van der Waals surface area contributed by atoms with Gasteiger partial charge in [-0.25, -0.2) is 0 Å². The topological polar surface area (TPSA) is 34.1 Å². The molecule has 4 rings (SSSR count). The number of benzene rings is 4. The molecule has 0 aliphatic rings. The molecule has 2 heteroatoms. The minimum Gasteiger partial charge on any atom is -0.294 e. The minimum absolute atomic E-state index is 0.0319. The van der Waals surface area contributed by atoms with Crippen LogP contribution in [0, 0.1) is 0 Å². The first-order valence-electron chi connectivity index (χ1n) is 10.7. The zero-order valence-corrected chi connectivity index (χ0v) is 17.9. The van der Waals surface area contributed by atoms with Crippen LogP contribution in [0.25, 0.3) is 6.08 Å². The summed E-state index contributed by atoms with van der Waals surface area (Å²) in [6.07, 6.45) is 4.82. The van der Waals surface area contributed by atoms with Crippen molar-refractivity contribution in [1.29, 1.82) is 0 Å². The fourth-order valence-electron chi connectivity index (χ4n) is 3.11. The van der Waals surface area contributed by atoms with Gasteiger partial charge in [-0.05, 0) is 23.6 Å². The molecular formula is C30H26O2. The second kappa shape index (κ2) is 12.6. The van der Waals surface area contributed by atoms with Crippen molar-refractivity contribution in [3.8, 4) is 0 Å². The number of allylic oxidation sites excluding steroid dienone is 1. The standard InChI is InChI=1S/C15H14O.C15H12O/c2*16-15(14-9-5-2-6-10-14)12-11-13-7-3-1-4-8-13/h1-10H,11-12H2;1-12H/b;12-11+. The maximum atomic E-state index is 11.8. The highest BCUT2D eigenvalue weighted by molar-refractivity contribution is 6.06. The number of Topliss-reactive ketones (excluding diaryl/α,β-unsaturated/α-hetero) is 1. The Labute approximate surface area is 189 Å². The van der Waals surface area contributed by atoms with Crippen molar-refractivity contribution in [2.75, 3.05) is 0 Å². The fraction of sp³-hybridized carbons (Fsp3) is 0.0667. The Balaban J connectivity index is 0.000000181. The molecule has 0 atom stereocenters. The average molecular weight is 419 g/mol. The predicted molar refractivity (Wildman–Crippen MR) is 132 cm³/mol. The molecule has 158 valence electrons. The molecule has 0 saturated heterocycles. The first-order chi connectivity index (χ1) is 15.7. The summed E-state index contributed by atoms with van der Waals surface area (Å²) in [7, 11) is 0. The molecule has 0 amide bonds. The third-order valence-corrected chi connectivity index (χ3v) is 4.86. The van der Waals surface area contributed by atoms with Gasteiger partial charge in [-0.2, -0.15) is 0 Å². The average Bonchev–Trinajstić information content (AvgIpc) is 2.88. The normalized spacial score (nSPS) is 10.2. The third-order valence-electron chi connectivity index (χ3n) is 4.86. The van der Waals surface area contributed by atoms with E-state index in [2.05, 4.69) is 12.1 Å². The van der Waals surface area contributed by atoms with E-state index in [9.17, 15) is 9.59 Å². The Kier molecular flexibility index (Phi) is 8.92. The quantitative estimate of drug-likeness (QED) is 0.237. The lowest BCUT2D eigenvalue weighted by Gasteiger charge is -2.01. The number of carbonyl (C=O) groups excluding carboxylic acids is 2. The summed E-state index contributed by atoms with van der Waals surface area (Å²) in [4.78, 5) is 23.5. The van der Waals surface area contributed by atoms with Gasteiger partial charge in [-0.15, -0.1) is 0 Å². The third kappa shape index (κ3) is 7.66. The fourth-order valence-corrected chi connectivity index (χ4v) is 3.11. The maximum Gasteiger partial charge on any atom is 0.185 e. The van der Waals surface area contributed by atoms with Crippen molar-refractivity contribution in [3.63, 3.8) is 0 Å². The Morgan fingerprint density at radius 1 is 0.562 bits per heavy atom. The van der Waals surface area contributed by atoms with Crippen molar-refractivity contribution in [1.82, 2.24) is 0 Å². The lowest BCUT2D eigenvalue weighted by Crippen LogP contribution is -2.00. The number of aryl methyl sites for hydroxylation is 1. The summed E-state index contributed by atoms with van der Waals surface area (Å²) in [5.41, 5.74) is 3.77. The van der Waals surface area contributed by atoms with E-state index >= 15 is 0 Å². The second-order valence-corrected chi connectivity index (χ2v) is 7.25. The monoisotopic (exact) mass is 418 g/mol. The number of carbonyl (C=O) groups is 2. The lowest BCUT2D eigenvalue weighted by atomic mass is 10.0. The van der Waals surface area contributed by atoms with Crippen LogP contribution in [0.5, 0.6) is 0 Å². The van der Waals surface area contributed by atoms with Crippen molar-refractivity contribution >= 4 is 17.6 Å². The smallest absolute Gasteiger partial charge is 0.185 e. The van der Waals surface area contributed by atoms with E-state index in [1.54, 1.807) is 6.08 Å². The number of hydrogen-bond donors (Lipinski definition) is 0. The van der Waals surface area contributed by atoms with Gasteiger partial charge in [0, 0.05) is 17.5 Å². The predicted octanol–water partition coefficient (Wildman–Crippen LogP) is 7.08. The van der Waals surface area contributed by atoms with Gasteiger partial charge in [-0.3, -0.25) is 9.59 Å². The summed E-state index contributed by atoms with van der Waals surface area (Å²) in [5.74, 6) is 0.244. The van der Waals surface area contributed by atoms with Crippen LogP contribution >= 0.6 is 0 Å². The molecule has 0 spiro atoms. The lowest BCUT2D eigenvalue weighted by molar-refractivity contribution is 0.0982. The summed E-state index contributed by atoms with van der Waals surface area (Å²) in [6, 6.07) is 38.6. The van der Waals surface area contributed by atoms with Gasteiger partial charge in [0.15, 0.2) is 11.6 Å². The highest BCUT2D eigenvalue weighted by Gasteiger charge is 2.04. The Morgan fingerprint density at radius 3 is 1.59 bits per heavy atom. The molecule has 4 aromatic rings. The Bertz CT molecular complexity index is 1120. The van der Waals surface area contributed by atoms with Gasteiger partial charge in [0.05, 0.1) is 0 Å². The van der Waals surface area contributed by atoms with Crippen LogP contribution in [-0.4, -0.2) is 11.6 Å². The van der Waals surface area contributed by atoms with Crippen LogP contribution in [-0.2, 0) is 6.42 Å². The van der Waals surface area contributed by atoms with Gasteiger partial charge < -0.3 is 0 Å². The molecular weight excluding hydrogens is 392 g/mol. The molecule has 4 aromatic carbocycles. The summed E-state index contributed by atoms with van der Waals surface area (Å²) < 4.78 is 0. The molecule has 0 fully saturated rings. The second-order valence-electron chi connectivity index (χ2n) is 7.25. The van der Waals surface area contributed by atoms with Crippen molar-refractivity contribution in [2.45, 2.75) is 12.8 Å². The van der Waals surface area contributed by atoms with Crippen molar-refractivity contribution < 1.29 is 9.59 Å². The molecule has 0 aliphatic heterocycles. The summed E-state index contributed by atoms with van der Waals surface area (Å²) >= 11 is 0. The number of hydrogen-bond acceptors (Lipinski definition) is 2. The molecule has 0 bridgehead atoms. The first kappa shape index (κ1) is 22.6. The highest BCUT2D eigenvalue weighted by atomic mass is 16.1. The van der Waals surface area contributed by atoms with Crippen LogP contribution in [0.2, 0.25) is 0 Å². The van der Waals surface area contributed by atoms with Crippen molar-refractivity contribution in [3.05, 3.63) is 150 Å². The molecule has 0 radical (unpaired) electrons. The van der Waals surface area contributed by atoms with Gasteiger partial charge in [0.2, 0.25) is 0 Å². The summed E-state index contributed by atoms with van der Waals surface area (Å²) in [6.45, 7) is 0. The van der Waals surface area contributed by atoms with E-state index in [0.717, 1.165) is 23.1 Å². The zero-order chi connectivity index (χ0) is 22.4. The van der Waals surface area contributed by atoms with E-state index < -0.39 is 0 Å². The molecule has 2 nitrogen and oxygen atoms in total. The number of rotatable bonds is 7. The molecule has 0 aromatic heterocycles.